The minimum absolute atomic E-state index is 0.00713. The summed E-state index contributed by atoms with van der Waals surface area (Å²) >= 11 is 0. The van der Waals surface area contributed by atoms with Gasteiger partial charge in [-0.3, -0.25) is 9.69 Å². The molecule has 2 fully saturated rings. The first-order valence-electron chi connectivity index (χ1n) is 12.0. The maximum Gasteiger partial charge on any atom is 0.321 e. The Morgan fingerprint density at radius 1 is 1.06 bits per heavy atom. The van der Waals surface area contributed by atoms with E-state index in [-0.39, 0.29) is 23.8 Å². The van der Waals surface area contributed by atoms with Crippen molar-refractivity contribution < 1.29 is 18.7 Å². The number of piperazine rings is 1. The zero-order chi connectivity index (χ0) is 23.9. The lowest BCUT2D eigenvalue weighted by Crippen LogP contribution is -2.58. The van der Waals surface area contributed by atoms with E-state index in [1.807, 2.05) is 30.3 Å². The lowest BCUT2D eigenvalue weighted by Gasteiger charge is -2.40. The van der Waals surface area contributed by atoms with Crippen LogP contribution in [0.1, 0.15) is 31.2 Å². The van der Waals surface area contributed by atoms with Crippen molar-refractivity contribution in [2.24, 2.45) is 5.92 Å². The van der Waals surface area contributed by atoms with Gasteiger partial charge in [-0.1, -0.05) is 25.0 Å². The summed E-state index contributed by atoms with van der Waals surface area (Å²) in [5.74, 6) is 0.739. The second-order valence-electron chi connectivity index (χ2n) is 9.02. The van der Waals surface area contributed by atoms with Crippen molar-refractivity contribution in [2.75, 3.05) is 38.6 Å². The number of nitrogens with zero attached hydrogens (tertiary/aromatic N) is 2. The molecule has 182 valence electrons. The number of nitrogens with one attached hydrogen (secondary N) is 2. The van der Waals surface area contributed by atoms with Crippen molar-refractivity contribution in [3.8, 4) is 5.75 Å². The normalized spacial score (nSPS) is 17.9. The third-order valence-corrected chi connectivity index (χ3v) is 6.81. The molecule has 1 aliphatic carbocycles. The van der Waals surface area contributed by atoms with Crippen molar-refractivity contribution in [3.05, 3.63) is 59.9 Å². The molecule has 1 heterocycles. The third-order valence-electron chi connectivity index (χ3n) is 6.81. The van der Waals surface area contributed by atoms with E-state index in [2.05, 4.69) is 15.5 Å². The maximum absolute atomic E-state index is 13.5. The molecule has 8 heteroatoms. The van der Waals surface area contributed by atoms with E-state index < -0.39 is 0 Å². The molecule has 1 saturated heterocycles. The van der Waals surface area contributed by atoms with Crippen molar-refractivity contribution in [1.29, 1.82) is 0 Å². The molecule has 2 aromatic carbocycles. The molecule has 2 aliphatic rings. The summed E-state index contributed by atoms with van der Waals surface area (Å²) in [4.78, 5) is 30.0. The van der Waals surface area contributed by atoms with Gasteiger partial charge in [-0.2, -0.15) is 0 Å². The van der Waals surface area contributed by atoms with Crippen LogP contribution < -0.4 is 15.4 Å². The van der Waals surface area contributed by atoms with Gasteiger partial charge < -0.3 is 20.3 Å². The number of benzene rings is 2. The number of hydrogen-bond donors (Lipinski definition) is 2. The Hall–Kier alpha value is -3.13. The Bertz CT molecular complexity index is 970. The molecular formula is C26H33FN4O3. The zero-order valence-electron chi connectivity index (χ0n) is 19.6. The zero-order valence-corrected chi connectivity index (χ0v) is 19.6. The monoisotopic (exact) mass is 468 g/mol. The molecule has 2 aromatic rings. The summed E-state index contributed by atoms with van der Waals surface area (Å²) in [6.45, 7) is 2.71. The van der Waals surface area contributed by atoms with Gasteiger partial charge in [0, 0.05) is 38.4 Å². The number of halogens is 1. The highest BCUT2D eigenvalue weighted by molar-refractivity contribution is 5.89. The van der Waals surface area contributed by atoms with E-state index in [0.717, 1.165) is 37.0 Å². The van der Waals surface area contributed by atoms with E-state index in [9.17, 15) is 14.0 Å². The second kappa shape index (κ2) is 11.3. The number of methoxy groups -OCH3 is 1. The smallest absolute Gasteiger partial charge is 0.321 e. The van der Waals surface area contributed by atoms with Crippen LogP contribution in [0.4, 0.5) is 14.9 Å². The summed E-state index contributed by atoms with van der Waals surface area (Å²) in [6, 6.07) is 13.2. The topological polar surface area (TPSA) is 73.9 Å². The number of amides is 3. The summed E-state index contributed by atoms with van der Waals surface area (Å²) < 4.78 is 18.7. The predicted molar refractivity (Wildman–Crippen MR) is 129 cm³/mol. The Balaban J connectivity index is 1.33. The van der Waals surface area contributed by atoms with Crippen LogP contribution in [0.15, 0.2) is 48.5 Å². The predicted octanol–water partition coefficient (Wildman–Crippen LogP) is 3.86. The van der Waals surface area contributed by atoms with Crippen LogP contribution in [0.3, 0.4) is 0 Å². The molecule has 1 aliphatic heterocycles. The first-order valence-corrected chi connectivity index (χ1v) is 12.0. The summed E-state index contributed by atoms with van der Waals surface area (Å²) in [5, 5.41) is 5.96. The van der Waals surface area contributed by atoms with Gasteiger partial charge in [0.15, 0.2) is 0 Å². The van der Waals surface area contributed by atoms with Crippen LogP contribution in [0.5, 0.6) is 5.75 Å². The number of urea groups is 1. The number of carbonyl (C=O) groups excluding carboxylic acids is 2. The van der Waals surface area contributed by atoms with Crippen LogP contribution in [0, 0.1) is 11.7 Å². The molecule has 0 aromatic heterocycles. The molecule has 0 spiro atoms. The molecule has 34 heavy (non-hydrogen) atoms. The minimum Gasteiger partial charge on any atom is -0.497 e. The molecule has 2 N–H and O–H groups in total. The van der Waals surface area contributed by atoms with E-state index in [0.29, 0.717) is 44.3 Å². The fraction of sp³-hybridized carbons (Fsp3) is 0.462. The first kappa shape index (κ1) is 24.0. The van der Waals surface area contributed by atoms with Crippen molar-refractivity contribution in [1.82, 2.24) is 15.1 Å². The number of carbonyl (C=O) groups is 2. The van der Waals surface area contributed by atoms with Gasteiger partial charge >= 0.3 is 6.03 Å². The Morgan fingerprint density at radius 3 is 2.41 bits per heavy atom. The van der Waals surface area contributed by atoms with Gasteiger partial charge in [0.2, 0.25) is 5.91 Å². The highest BCUT2D eigenvalue weighted by Gasteiger charge is 2.37. The second-order valence-corrected chi connectivity index (χ2v) is 9.02. The Morgan fingerprint density at radius 2 is 1.76 bits per heavy atom. The number of hydrogen-bond acceptors (Lipinski definition) is 4. The van der Waals surface area contributed by atoms with Gasteiger partial charge in [-0.25, -0.2) is 9.18 Å². The largest absolute Gasteiger partial charge is 0.497 e. The lowest BCUT2D eigenvalue weighted by atomic mass is 9.95. The highest BCUT2D eigenvalue weighted by atomic mass is 19.1. The van der Waals surface area contributed by atoms with Crippen LogP contribution in [-0.4, -0.2) is 61.1 Å². The fourth-order valence-corrected chi connectivity index (χ4v) is 4.97. The number of rotatable bonds is 7. The van der Waals surface area contributed by atoms with Gasteiger partial charge in [-0.05, 0) is 60.7 Å². The lowest BCUT2D eigenvalue weighted by molar-refractivity contribution is -0.129. The molecule has 1 saturated carbocycles. The Kier molecular flexibility index (Phi) is 8.00. The fourth-order valence-electron chi connectivity index (χ4n) is 4.97. The quantitative estimate of drug-likeness (QED) is 0.647. The van der Waals surface area contributed by atoms with Crippen LogP contribution in [0.2, 0.25) is 0 Å². The van der Waals surface area contributed by atoms with E-state index >= 15 is 0 Å². The molecule has 0 unspecified atom stereocenters. The summed E-state index contributed by atoms with van der Waals surface area (Å²) in [6.07, 6.45) is 4.36. The van der Waals surface area contributed by atoms with E-state index in [4.69, 9.17) is 4.74 Å². The maximum atomic E-state index is 13.5. The summed E-state index contributed by atoms with van der Waals surface area (Å²) in [5.41, 5.74) is 1.47. The molecule has 0 radical (unpaired) electrons. The van der Waals surface area contributed by atoms with Crippen molar-refractivity contribution in [2.45, 2.75) is 38.3 Å². The minimum atomic E-state index is -0.303. The first-order chi connectivity index (χ1) is 16.5. The summed E-state index contributed by atoms with van der Waals surface area (Å²) in [7, 11) is 1.60. The SMILES string of the molecule is COc1ccc(NC(=O)N2CCN([C@H](C(=O)NCc3cccc(F)c3)C3CCCC3)CC2)cc1. The number of ether oxygens (including phenoxy) is 1. The van der Waals surface area contributed by atoms with Crippen molar-refractivity contribution >= 4 is 17.6 Å². The molecule has 1 atom stereocenters. The molecule has 7 nitrogen and oxygen atoms in total. The molecular weight excluding hydrogens is 435 g/mol. The van der Waals surface area contributed by atoms with Gasteiger partial charge in [0.05, 0.1) is 13.2 Å². The van der Waals surface area contributed by atoms with Crippen LogP contribution in [0.25, 0.3) is 0 Å². The van der Waals surface area contributed by atoms with Gasteiger partial charge in [0.25, 0.3) is 0 Å². The Labute approximate surface area is 200 Å². The van der Waals surface area contributed by atoms with Gasteiger partial charge in [-0.15, -0.1) is 0 Å². The number of anilines is 1. The molecule has 4 rings (SSSR count). The molecule has 3 amide bonds. The molecule has 0 bridgehead atoms. The van der Waals surface area contributed by atoms with Gasteiger partial charge in [0.1, 0.15) is 11.6 Å². The van der Waals surface area contributed by atoms with E-state index in [1.165, 1.54) is 12.1 Å². The van der Waals surface area contributed by atoms with E-state index in [1.54, 1.807) is 18.1 Å². The average Bonchev–Trinajstić information content (AvgIpc) is 3.38. The third kappa shape index (κ3) is 6.05. The average molecular weight is 469 g/mol. The standard InChI is InChI=1S/C26H33FN4O3/c1-34-23-11-9-22(10-12-23)29-26(33)31-15-13-30(14-16-31)24(20-6-2-3-7-20)25(32)28-18-19-5-4-8-21(27)17-19/h4-5,8-12,17,20,24H,2-3,6-7,13-16,18H2,1H3,(H,28,32)(H,29,33)/t24-/m0/s1. The highest BCUT2D eigenvalue weighted by Crippen LogP contribution is 2.31. The van der Waals surface area contributed by atoms with Crippen LogP contribution >= 0.6 is 0 Å². The van der Waals surface area contributed by atoms with Crippen molar-refractivity contribution in [3.63, 3.8) is 0 Å². The van der Waals surface area contributed by atoms with Crippen LogP contribution in [-0.2, 0) is 11.3 Å².